The van der Waals surface area contributed by atoms with E-state index in [4.69, 9.17) is 0 Å². The summed E-state index contributed by atoms with van der Waals surface area (Å²) in [6.07, 6.45) is 0.891. The summed E-state index contributed by atoms with van der Waals surface area (Å²) in [6, 6.07) is 2.02. The van der Waals surface area contributed by atoms with Crippen LogP contribution in [0.15, 0.2) is 24.3 Å². The molecule has 0 fully saturated rings. The second-order valence-corrected chi connectivity index (χ2v) is 6.47. The summed E-state index contributed by atoms with van der Waals surface area (Å²) in [5.74, 6) is -4.08. The zero-order valence-corrected chi connectivity index (χ0v) is 12.7. The molecule has 12 heteroatoms. The van der Waals surface area contributed by atoms with E-state index in [1.54, 1.807) is 0 Å². The first-order chi connectivity index (χ1) is 11.1. The molecule has 3 N–H and O–H groups in total. The van der Waals surface area contributed by atoms with Crippen molar-refractivity contribution >= 4 is 27.9 Å². The van der Waals surface area contributed by atoms with Crippen molar-refractivity contribution in [3.63, 3.8) is 0 Å². The smallest absolute Gasteiger partial charge is 0.334 e. The van der Waals surface area contributed by atoms with Gasteiger partial charge in [0.25, 0.3) is 21.9 Å². The van der Waals surface area contributed by atoms with Gasteiger partial charge in [0.15, 0.2) is 0 Å². The molecule has 1 unspecified atom stereocenters. The van der Waals surface area contributed by atoms with E-state index < -0.39 is 57.9 Å². The van der Waals surface area contributed by atoms with Gasteiger partial charge in [-0.15, -0.1) is 4.73 Å². The van der Waals surface area contributed by atoms with Gasteiger partial charge in [-0.2, -0.15) is 8.42 Å². The highest BCUT2D eigenvalue weighted by Crippen LogP contribution is 2.19. The molecule has 130 valence electrons. The lowest BCUT2D eigenvalue weighted by molar-refractivity contribution is -0.146. The van der Waals surface area contributed by atoms with Crippen molar-refractivity contribution in [3.8, 4) is 11.8 Å². The van der Waals surface area contributed by atoms with Gasteiger partial charge >= 0.3 is 5.97 Å². The molecule has 2 heterocycles. The minimum absolute atomic E-state index is 0.330. The lowest BCUT2D eigenvalue weighted by atomic mass is 10.3. The molecule has 24 heavy (non-hydrogen) atoms. The molecular formula is C12H12N2O9S. The largest absolute Gasteiger partial charge is 0.492 e. The number of aromatic nitrogens is 1. The summed E-state index contributed by atoms with van der Waals surface area (Å²) in [7, 11) is -4.80. The molecule has 2 rings (SSSR count). The van der Waals surface area contributed by atoms with Crippen LogP contribution in [0.5, 0.6) is 11.8 Å². The van der Waals surface area contributed by atoms with Crippen LogP contribution < -0.4 is 4.84 Å². The average Bonchev–Trinajstić information content (AvgIpc) is 2.95. The predicted octanol–water partition coefficient (Wildman–Crippen LogP) is -1.57. The predicted molar refractivity (Wildman–Crippen MR) is 75.2 cm³/mol. The van der Waals surface area contributed by atoms with E-state index in [-0.39, 0.29) is 0 Å². The van der Waals surface area contributed by atoms with E-state index in [1.807, 2.05) is 0 Å². The van der Waals surface area contributed by atoms with E-state index in [9.17, 15) is 37.6 Å². The van der Waals surface area contributed by atoms with Crippen LogP contribution in [0.3, 0.4) is 0 Å². The normalized spacial score (nSPS) is 15.8. The van der Waals surface area contributed by atoms with Crippen molar-refractivity contribution in [2.75, 3.05) is 6.54 Å². The van der Waals surface area contributed by atoms with Crippen LogP contribution in [-0.4, -0.2) is 62.4 Å². The van der Waals surface area contributed by atoms with Crippen LogP contribution in [0.25, 0.3) is 0 Å². The van der Waals surface area contributed by atoms with E-state index in [0.717, 1.165) is 24.3 Å². The summed E-state index contributed by atoms with van der Waals surface area (Å²) >= 11 is 0. The summed E-state index contributed by atoms with van der Waals surface area (Å²) in [5.41, 5.74) is 0. The quantitative estimate of drug-likeness (QED) is 0.401. The summed E-state index contributed by atoms with van der Waals surface area (Å²) in [6.45, 7) is -0.762. The van der Waals surface area contributed by atoms with E-state index in [0.29, 0.717) is 9.63 Å². The van der Waals surface area contributed by atoms with Crippen molar-refractivity contribution < 1.29 is 42.4 Å². The van der Waals surface area contributed by atoms with Crippen molar-refractivity contribution in [2.45, 2.75) is 11.7 Å². The molecule has 0 aliphatic carbocycles. The maximum atomic E-state index is 11.8. The van der Waals surface area contributed by atoms with E-state index in [2.05, 4.69) is 4.84 Å². The minimum atomic E-state index is -4.80. The van der Waals surface area contributed by atoms with Gasteiger partial charge in [-0.1, -0.05) is 0 Å². The zero-order valence-electron chi connectivity index (χ0n) is 11.9. The maximum Gasteiger partial charge on any atom is 0.334 e. The Balaban J connectivity index is 2.11. The molecule has 0 saturated carbocycles. The van der Waals surface area contributed by atoms with Crippen LogP contribution in [-0.2, 0) is 24.5 Å². The van der Waals surface area contributed by atoms with E-state index in [1.165, 1.54) is 0 Å². The van der Waals surface area contributed by atoms with Gasteiger partial charge in [-0.25, -0.2) is 4.79 Å². The standard InChI is InChI=1S/C12H12N2O9S/c15-8-1-2-9(16)13(8)6-7(24(20,21)22)5-12(19)23-14-10(17)3-4-11(14)18/h1-4,7,17-18H,5-6H2,(H,20,21,22). The average molecular weight is 360 g/mol. The van der Waals surface area contributed by atoms with Crippen LogP contribution in [0.4, 0.5) is 0 Å². The number of hydrogen-bond donors (Lipinski definition) is 3. The monoisotopic (exact) mass is 360 g/mol. The summed E-state index contributed by atoms with van der Waals surface area (Å²) in [4.78, 5) is 39.7. The molecule has 0 radical (unpaired) electrons. The Morgan fingerprint density at radius 3 is 2.08 bits per heavy atom. The first-order valence-electron chi connectivity index (χ1n) is 6.40. The highest BCUT2D eigenvalue weighted by atomic mass is 32.2. The fraction of sp³-hybridized carbons (Fsp3) is 0.250. The van der Waals surface area contributed by atoms with Crippen molar-refractivity contribution in [1.29, 1.82) is 0 Å². The van der Waals surface area contributed by atoms with Crippen LogP contribution >= 0.6 is 0 Å². The topological polar surface area (TPSA) is 163 Å². The van der Waals surface area contributed by atoms with Crippen molar-refractivity contribution in [3.05, 3.63) is 24.3 Å². The van der Waals surface area contributed by atoms with Crippen LogP contribution in [0.2, 0.25) is 0 Å². The molecule has 0 saturated heterocycles. The number of imide groups is 1. The van der Waals surface area contributed by atoms with Crippen LogP contribution in [0, 0.1) is 0 Å². The minimum Gasteiger partial charge on any atom is -0.492 e. The Bertz CT molecular complexity index is 786. The first-order valence-corrected chi connectivity index (χ1v) is 7.90. The Kier molecular flexibility index (Phi) is 4.61. The molecule has 1 aromatic heterocycles. The number of carbonyl (C=O) groups is 3. The molecule has 1 atom stereocenters. The highest BCUT2D eigenvalue weighted by molar-refractivity contribution is 7.86. The van der Waals surface area contributed by atoms with E-state index >= 15 is 0 Å². The van der Waals surface area contributed by atoms with Crippen LogP contribution in [0.1, 0.15) is 6.42 Å². The number of amides is 2. The van der Waals surface area contributed by atoms with Gasteiger partial charge in [0.05, 0.1) is 6.42 Å². The molecule has 2 amide bonds. The third kappa shape index (κ3) is 3.72. The van der Waals surface area contributed by atoms with Gasteiger partial charge < -0.3 is 15.1 Å². The van der Waals surface area contributed by atoms with Gasteiger partial charge in [0.2, 0.25) is 11.8 Å². The molecule has 0 bridgehead atoms. The first kappa shape index (κ1) is 17.5. The van der Waals surface area contributed by atoms with Gasteiger partial charge in [0.1, 0.15) is 5.25 Å². The fourth-order valence-electron chi connectivity index (χ4n) is 1.90. The zero-order chi connectivity index (χ0) is 18.1. The van der Waals surface area contributed by atoms with Gasteiger partial charge in [-0.05, 0) is 0 Å². The molecule has 1 aliphatic heterocycles. The molecule has 11 nitrogen and oxygen atoms in total. The Morgan fingerprint density at radius 2 is 1.62 bits per heavy atom. The van der Waals surface area contributed by atoms with Crippen molar-refractivity contribution in [1.82, 2.24) is 9.63 Å². The van der Waals surface area contributed by atoms with Gasteiger partial charge in [-0.3, -0.25) is 19.0 Å². The van der Waals surface area contributed by atoms with Crippen molar-refractivity contribution in [2.24, 2.45) is 0 Å². The molecule has 1 aliphatic rings. The summed E-state index contributed by atoms with van der Waals surface area (Å²) < 4.78 is 32.3. The second-order valence-electron chi connectivity index (χ2n) is 4.77. The van der Waals surface area contributed by atoms with Gasteiger partial charge in [0, 0.05) is 30.8 Å². The Hall–Kier alpha value is -2.86. The lowest BCUT2D eigenvalue weighted by Gasteiger charge is -2.19. The maximum absolute atomic E-state index is 11.8. The number of nitrogens with zero attached hydrogens (tertiary/aromatic N) is 2. The number of rotatable bonds is 6. The number of carbonyl (C=O) groups excluding carboxylic acids is 3. The summed E-state index contributed by atoms with van der Waals surface area (Å²) in [5, 5.41) is 16.8. The molecular weight excluding hydrogens is 348 g/mol. The third-order valence-electron chi connectivity index (χ3n) is 3.09. The Morgan fingerprint density at radius 1 is 1.12 bits per heavy atom. The highest BCUT2D eigenvalue weighted by Gasteiger charge is 2.34. The number of aromatic hydroxyl groups is 2. The Labute approximate surface area is 135 Å². The molecule has 0 aromatic carbocycles. The fourth-order valence-corrected chi connectivity index (χ4v) is 2.58. The second kappa shape index (κ2) is 6.33. The molecule has 1 aromatic rings. The molecule has 0 spiro atoms. The SMILES string of the molecule is O=C(CC(CN1C(=O)C=CC1=O)S(=O)(=O)O)On1c(O)ccc1O. The lowest BCUT2D eigenvalue weighted by Crippen LogP contribution is -2.42. The number of hydrogen-bond acceptors (Lipinski definition) is 8. The third-order valence-corrected chi connectivity index (χ3v) is 4.25.